The number of carbonyl (C=O) groups is 1. The van der Waals surface area contributed by atoms with Crippen molar-refractivity contribution in [2.24, 2.45) is 0 Å². The molecule has 3 aromatic rings. The van der Waals surface area contributed by atoms with Gasteiger partial charge in [0.05, 0.1) is 0 Å². The first-order valence-corrected chi connectivity index (χ1v) is 7.79. The number of aromatic nitrogens is 1. The molecule has 2 aromatic carbocycles. The topological polar surface area (TPSA) is 71.2 Å². The number of halogens is 1. The smallest absolute Gasteiger partial charge is 0.258 e. The molecule has 2 N–H and O–H groups in total. The molecule has 0 unspecified atom stereocenters. The van der Waals surface area contributed by atoms with Crippen LogP contribution >= 0.6 is 0 Å². The van der Waals surface area contributed by atoms with E-state index in [9.17, 15) is 14.0 Å². The zero-order chi connectivity index (χ0) is 17.8. The lowest BCUT2D eigenvalue weighted by molar-refractivity contribution is -0.123. The van der Waals surface area contributed by atoms with E-state index in [-0.39, 0.29) is 23.8 Å². The maximum atomic E-state index is 13.4. The van der Waals surface area contributed by atoms with Crippen LogP contribution in [0.1, 0.15) is 11.1 Å². The number of rotatable bonds is 5. The third-order valence-corrected chi connectivity index (χ3v) is 3.78. The quantitative estimate of drug-likeness (QED) is 0.750. The average Bonchev–Trinajstić information content (AvgIpc) is 2.60. The number of pyridine rings is 1. The average molecular weight is 340 g/mol. The summed E-state index contributed by atoms with van der Waals surface area (Å²) >= 11 is 0. The SMILES string of the molecule is Cc1cc2cc(CNC(=O)COc3ccccc3F)ccc2[nH]c1=O. The third-order valence-electron chi connectivity index (χ3n) is 3.78. The second kappa shape index (κ2) is 7.17. The van der Waals surface area contributed by atoms with Gasteiger partial charge in [-0.15, -0.1) is 0 Å². The molecule has 1 heterocycles. The molecule has 0 fully saturated rings. The summed E-state index contributed by atoms with van der Waals surface area (Å²) in [5.41, 5.74) is 2.15. The Hall–Kier alpha value is -3.15. The summed E-state index contributed by atoms with van der Waals surface area (Å²) in [6, 6.07) is 13.3. The normalized spacial score (nSPS) is 10.6. The van der Waals surface area contributed by atoms with Crippen LogP contribution in [0.2, 0.25) is 0 Å². The highest BCUT2D eigenvalue weighted by molar-refractivity contribution is 5.80. The van der Waals surface area contributed by atoms with Crippen molar-refractivity contribution in [2.45, 2.75) is 13.5 Å². The molecule has 0 saturated heterocycles. The predicted octanol–water partition coefficient (Wildman–Crippen LogP) is 2.67. The van der Waals surface area contributed by atoms with Gasteiger partial charge in [-0.25, -0.2) is 4.39 Å². The number of hydrogen-bond donors (Lipinski definition) is 2. The number of amides is 1. The van der Waals surface area contributed by atoms with Crippen molar-refractivity contribution in [2.75, 3.05) is 6.61 Å². The fourth-order valence-corrected chi connectivity index (χ4v) is 2.43. The molecule has 1 amide bonds. The molecule has 128 valence electrons. The Morgan fingerprint density at radius 3 is 2.80 bits per heavy atom. The molecule has 0 aliphatic rings. The van der Waals surface area contributed by atoms with Crippen molar-refractivity contribution in [1.82, 2.24) is 10.3 Å². The second-order valence-electron chi connectivity index (χ2n) is 5.70. The highest BCUT2D eigenvalue weighted by Crippen LogP contribution is 2.15. The van der Waals surface area contributed by atoms with Gasteiger partial charge in [-0.3, -0.25) is 9.59 Å². The van der Waals surface area contributed by atoms with Gasteiger partial charge in [0, 0.05) is 17.6 Å². The molecule has 5 nitrogen and oxygen atoms in total. The van der Waals surface area contributed by atoms with Gasteiger partial charge in [0.1, 0.15) is 0 Å². The molecule has 0 spiro atoms. The number of hydrogen-bond acceptors (Lipinski definition) is 3. The minimum Gasteiger partial charge on any atom is -0.481 e. The number of aryl methyl sites for hydroxylation is 1. The lowest BCUT2D eigenvalue weighted by atomic mass is 10.1. The molecule has 0 bridgehead atoms. The summed E-state index contributed by atoms with van der Waals surface area (Å²) < 4.78 is 18.6. The van der Waals surface area contributed by atoms with E-state index in [1.807, 2.05) is 12.1 Å². The van der Waals surface area contributed by atoms with Crippen LogP contribution in [-0.4, -0.2) is 17.5 Å². The van der Waals surface area contributed by atoms with E-state index in [1.165, 1.54) is 12.1 Å². The molecule has 25 heavy (non-hydrogen) atoms. The predicted molar refractivity (Wildman–Crippen MR) is 93.0 cm³/mol. The van der Waals surface area contributed by atoms with Crippen LogP contribution in [0, 0.1) is 12.7 Å². The zero-order valence-electron chi connectivity index (χ0n) is 13.6. The molecular formula is C19H17FN2O3. The second-order valence-corrected chi connectivity index (χ2v) is 5.70. The van der Waals surface area contributed by atoms with E-state index >= 15 is 0 Å². The van der Waals surface area contributed by atoms with E-state index in [4.69, 9.17) is 4.74 Å². The van der Waals surface area contributed by atoms with Crippen molar-refractivity contribution >= 4 is 16.8 Å². The summed E-state index contributed by atoms with van der Waals surface area (Å²) in [6.45, 7) is 1.79. The Kier molecular flexibility index (Phi) is 4.79. The van der Waals surface area contributed by atoms with Gasteiger partial charge in [-0.1, -0.05) is 18.2 Å². The monoisotopic (exact) mass is 340 g/mol. The molecule has 0 saturated carbocycles. The van der Waals surface area contributed by atoms with Gasteiger partial charge >= 0.3 is 0 Å². The van der Waals surface area contributed by atoms with Crippen molar-refractivity contribution in [3.63, 3.8) is 0 Å². The number of aromatic amines is 1. The van der Waals surface area contributed by atoms with E-state index in [0.717, 1.165) is 16.5 Å². The largest absolute Gasteiger partial charge is 0.481 e. The van der Waals surface area contributed by atoms with Crippen LogP contribution in [0.4, 0.5) is 4.39 Å². The van der Waals surface area contributed by atoms with Crippen molar-refractivity contribution < 1.29 is 13.9 Å². The van der Waals surface area contributed by atoms with Gasteiger partial charge in [0.2, 0.25) is 0 Å². The minimum absolute atomic E-state index is 0.0442. The molecule has 3 rings (SSSR count). The van der Waals surface area contributed by atoms with Crippen molar-refractivity contribution in [1.29, 1.82) is 0 Å². The van der Waals surface area contributed by atoms with Crippen LogP contribution in [-0.2, 0) is 11.3 Å². The Morgan fingerprint density at radius 1 is 1.20 bits per heavy atom. The van der Waals surface area contributed by atoms with E-state index in [0.29, 0.717) is 12.1 Å². The highest BCUT2D eigenvalue weighted by Gasteiger charge is 2.07. The zero-order valence-corrected chi connectivity index (χ0v) is 13.6. The van der Waals surface area contributed by atoms with Gasteiger partial charge in [0.15, 0.2) is 18.2 Å². The fourth-order valence-electron chi connectivity index (χ4n) is 2.43. The lowest BCUT2D eigenvalue weighted by Gasteiger charge is -2.09. The summed E-state index contributed by atoms with van der Waals surface area (Å²) in [5.74, 6) is -0.807. The first-order chi connectivity index (χ1) is 12.0. The van der Waals surface area contributed by atoms with E-state index < -0.39 is 5.82 Å². The van der Waals surface area contributed by atoms with Gasteiger partial charge in [-0.05, 0) is 48.2 Å². The van der Waals surface area contributed by atoms with Gasteiger partial charge in [0.25, 0.3) is 11.5 Å². The molecular weight excluding hydrogens is 323 g/mol. The number of nitrogens with one attached hydrogen (secondary N) is 2. The summed E-state index contributed by atoms with van der Waals surface area (Å²) in [6.07, 6.45) is 0. The maximum Gasteiger partial charge on any atom is 0.258 e. The number of carbonyl (C=O) groups excluding carboxylic acids is 1. The van der Waals surface area contributed by atoms with Crippen LogP contribution in [0.3, 0.4) is 0 Å². The van der Waals surface area contributed by atoms with E-state index in [1.54, 1.807) is 31.2 Å². The number of para-hydroxylation sites is 1. The molecule has 0 aliphatic carbocycles. The first kappa shape index (κ1) is 16.7. The Bertz CT molecular complexity index is 982. The standard InChI is InChI=1S/C19H17FN2O3/c1-12-8-14-9-13(6-7-16(14)22-19(12)24)10-21-18(23)11-25-17-5-3-2-4-15(17)20/h2-9H,10-11H2,1H3,(H,21,23)(H,22,24). The summed E-state index contributed by atoms with van der Waals surface area (Å²) in [4.78, 5) is 26.2. The lowest BCUT2D eigenvalue weighted by Crippen LogP contribution is -2.28. The third kappa shape index (κ3) is 4.03. The van der Waals surface area contributed by atoms with Crippen molar-refractivity contribution in [3.8, 4) is 5.75 Å². The Balaban J connectivity index is 1.60. The maximum absolute atomic E-state index is 13.4. The summed E-state index contributed by atoms with van der Waals surface area (Å²) in [7, 11) is 0. The van der Waals surface area contributed by atoms with E-state index in [2.05, 4.69) is 10.3 Å². The molecule has 6 heteroatoms. The number of fused-ring (bicyclic) bond motifs is 1. The Morgan fingerprint density at radius 2 is 2.00 bits per heavy atom. The summed E-state index contributed by atoms with van der Waals surface area (Å²) in [5, 5.41) is 3.62. The first-order valence-electron chi connectivity index (χ1n) is 7.79. The Labute approximate surface area is 143 Å². The number of ether oxygens (including phenoxy) is 1. The van der Waals surface area contributed by atoms with Gasteiger partial charge < -0.3 is 15.0 Å². The highest BCUT2D eigenvalue weighted by atomic mass is 19.1. The molecule has 1 aromatic heterocycles. The van der Waals surface area contributed by atoms with Crippen molar-refractivity contribution in [3.05, 3.63) is 75.8 Å². The van der Waals surface area contributed by atoms with Crippen LogP contribution in [0.15, 0.2) is 53.3 Å². The molecule has 0 aliphatic heterocycles. The van der Waals surface area contributed by atoms with Crippen LogP contribution in [0.25, 0.3) is 10.9 Å². The number of benzene rings is 2. The molecule has 0 atom stereocenters. The fraction of sp³-hybridized carbons (Fsp3) is 0.158. The van der Waals surface area contributed by atoms with Gasteiger partial charge in [-0.2, -0.15) is 0 Å². The molecule has 0 radical (unpaired) electrons. The van der Waals surface area contributed by atoms with Crippen LogP contribution in [0.5, 0.6) is 5.75 Å². The van der Waals surface area contributed by atoms with Crippen LogP contribution < -0.4 is 15.6 Å². The minimum atomic E-state index is -0.505. The number of H-pyrrole nitrogens is 1.